The van der Waals surface area contributed by atoms with Crippen LogP contribution in [0.15, 0.2) is 17.5 Å². The summed E-state index contributed by atoms with van der Waals surface area (Å²) in [5.41, 5.74) is 0. The second kappa shape index (κ2) is 5.78. The molecule has 0 bridgehead atoms. The minimum Gasteiger partial charge on any atom is -0.455 e. The molecule has 2 atom stereocenters. The van der Waals surface area contributed by atoms with Gasteiger partial charge in [-0.3, -0.25) is 4.79 Å². The number of hydrogen-bond donors (Lipinski definition) is 0. The van der Waals surface area contributed by atoms with Crippen LogP contribution < -0.4 is 0 Å². The molecule has 1 fully saturated rings. The lowest BCUT2D eigenvalue weighted by molar-refractivity contribution is -0.144. The molecule has 1 aliphatic carbocycles. The van der Waals surface area contributed by atoms with Gasteiger partial charge in [0.15, 0.2) is 0 Å². The van der Waals surface area contributed by atoms with Gasteiger partial charge in [-0.15, -0.1) is 11.3 Å². The SMILES string of the molecule is O=C(O[C@@H]1CCCC[C@H]1Br)C(=O)c1cccs1. The van der Waals surface area contributed by atoms with Gasteiger partial charge in [0.2, 0.25) is 0 Å². The topological polar surface area (TPSA) is 43.4 Å². The van der Waals surface area contributed by atoms with Gasteiger partial charge in [-0.2, -0.15) is 0 Å². The number of ketones is 1. The lowest BCUT2D eigenvalue weighted by atomic mass is 9.97. The fourth-order valence-corrected chi connectivity index (χ4v) is 3.23. The van der Waals surface area contributed by atoms with Gasteiger partial charge < -0.3 is 4.74 Å². The first kappa shape index (κ1) is 12.8. The van der Waals surface area contributed by atoms with Crippen LogP contribution in [0.3, 0.4) is 0 Å². The number of carbonyl (C=O) groups excluding carboxylic acids is 2. The molecule has 0 aromatic carbocycles. The lowest BCUT2D eigenvalue weighted by Gasteiger charge is -2.26. The first-order valence-corrected chi connectivity index (χ1v) is 7.41. The molecule has 17 heavy (non-hydrogen) atoms. The van der Waals surface area contributed by atoms with E-state index in [0.717, 1.165) is 25.7 Å². The maximum atomic E-state index is 11.7. The first-order chi connectivity index (χ1) is 8.18. The third-order valence-corrected chi connectivity index (χ3v) is 4.73. The Bertz CT molecular complexity index is 402. The van der Waals surface area contributed by atoms with E-state index in [-0.39, 0.29) is 10.9 Å². The summed E-state index contributed by atoms with van der Waals surface area (Å²) < 4.78 is 5.26. The zero-order valence-electron chi connectivity index (χ0n) is 9.23. The Kier molecular flexibility index (Phi) is 4.34. The number of carbonyl (C=O) groups is 2. The molecule has 3 nitrogen and oxygen atoms in total. The Hall–Kier alpha value is -0.680. The molecule has 0 aliphatic heterocycles. The molecule has 0 radical (unpaired) electrons. The number of esters is 1. The Labute approximate surface area is 112 Å². The van der Waals surface area contributed by atoms with Crippen LogP contribution >= 0.6 is 27.3 Å². The van der Waals surface area contributed by atoms with E-state index < -0.39 is 11.8 Å². The van der Waals surface area contributed by atoms with Crippen molar-refractivity contribution < 1.29 is 14.3 Å². The Morgan fingerprint density at radius 2 is 2.12 bits per heavy atom. The minimum absolute atomic E-state index is 0.167. The highest BCUT2D eigenvalue weighted by Gasteiger charge is 2.29. The summed E-state index contributed by atoms with van der Waals surface area (Å²) in [4.78, 5) is 24.0. The molecule has 0 amide bonds. The minimum atomic E-state index is -0.733. The quantitative estimate of drug-likeness (QED) is 0.372. The molecule has 1 aliphatic rings. The van der Waals surface area contributed by atoms with Crippen molar-refractivity contribution in [3.8, 4) is 0 Å². The number of halogens is 1. The smallest absolute Gasteiger partial charge is 0.380 e. The number of thiophene rings is 1. The number of alkyl halides is 1. The Balaban J connectivity index is 1.94. The highest BCUT2D eigenvalue weighted by atomic mass is 79.9. The Morgan fingerprint density at radius 1 is 1.35 bits per heavy atom. The van der Waals surface area contributed by atoms with Gasteiger partial charge in [-0.25, -0.2) is 4.79 Å². The number of Topliss-reactive ketones (excluding diaryl/α,β-unsaturated/α-hetero) is 1. The molecular formula is C12H13BrO3S. The van der Waals surface area contributed by atoms with Crippen molar-refractivity contribution in [1.82, 2.24) is 0 Å². The van der Waals surface area contributed by atoms with E-state index in [0.29, 0.717) is 4.88 Å². The van der Waals surface area contributed by atoms with E-state index in [9.17, 15) is 9.59 Å². The Morgan fingerprint density at radius 3 is 2.76 bits per heavy atom. The first-order valence-electron chi connectivity index (χ1n) is 5.61. The monoisotopic (exact) mass is 316 g/mol. The van der Waals surface area contributed by atoms with Crippen LogP contribution in [0.2, 0.25) is 0 Å². The van der Waals surface area contributed by atoms with Crippen molar-refractivity contribution in [2.24, 2.45) is 0 Å². The zero-order valence-corrected chi connectivity index (χ0v) is 11.6. The van der Waals surface area contributed by atoms with Gasteiger partial charge in [0.25, 0.3) is 5.78 Å². The third-order valence-electron chi connectivity index (χ3n) is 2.81. The number of rotatable bonds is 3. The van der Waals surface area contributed by atoms with E-state index in [1.54, 1.807) is 17.5 Å². The predicted octanol–water partition coefficient (Wildman–Crippen LogP) is 3.18. The van der Waals surface area contributed by atoms with Gasteiger partial charge in [0, 0.05) is 0 Å². The summed E-state index contributed by atoms with van der Waals surface area (Å²) in [6.07, 6.45) is 3.85. The molecule has 0 saturated heterocycles. The molecule has 92 valence electrons. The average molecular weight is 317 g/mol. The highest BCUT2D eigenvalue weighted by Crippen LogP contribution is 2.27. The summed E-state index contributed by atoms with van der Waals surface area (Å²) in [5, 5.41) is 1.77. The molecule has 0 N–H and O–H groups in total. The van der Waals surface area contributed by atoms with Crippen LogP contribution in [0.4, 0.5) is 0 Å². The summed E-state index contributed by atoms with van der Waals surface area (Å²) in [6.45, 7) is 0. The third kappa shape index (κ3) is 3.16. The van der Waals surface area contributed by atoms with Gasteiger partial charge in [0.1, 0.15) is 6.10 Å². The van der Waals surface area contributed by atoms with Crippen LogP contribution in [-0.4, -0.2) is 22.7 Å². The summed E-state index contributed by atoms with van der Waals surface area (Å²) in [7, 11) is 0. The van der Waals surface area contributed by atoms with Crippen molar-refractivity contribution in [1.29, 1.82) is 0 Å². The maximum absolute atomic E-state index is 11.7. The average Bonchev–Trinajstić information content (AvgIpc) is 2.84. The number of hydrogen-bond acceptors (Lipinski definition) is 4. The van der Waals surface area contributed by atoms with Crippen LogP contribution in [0.1, 0.15) is 35.4 Å². The van der Waals surface area contributed by atoms with E-state index in [1.807, 2.05) is 0 Å². The second-order valence-corrected chi connectivity index (χ2v) is 6.17. The summed E-state index contributed by atoms with van der Waals surface area (Å²) >= 11 is 4.76. The van der Waals surface area contributed by atoms with Gasteiger partial charge in [0.05, 0.1) is 9.70 Å². The van der Waals surface area contributed by atoms with Crippen molar-refractivity contribution in [3.05, 3.63) is 22.4 Å². The second-order valence-electron chi connectivity index (χ2n) is 4.05. The predicted molar refractivity (Wildman–Crippen MR) is 69.7 cm³/mol. The molecule has 1 aromatic heterocycles. The molecule has 1 heterocycles. The molecule has 2 rings (SSSR count). The van der Waals surface area contributed by atoms with Crippen molar-refractivity contribution in [2.75, 3.05) is 0 Å². The van der Waals surface area contributed by atoms with Crippen molar-refractivity contribution >= 4 is 39.0 Å². The van der Waals surface area contributed by atoms with Crippen LogP contribution in [-0.2, 0) is 9.53 Å². The largest absolute Gasteiger partial charge is 0.455 e. The van der Waals surface area contributed by atoms with Crippen molar-refractivity contribution in [2.45, 2.75) is 36.6 Å². The van der Waals surface area contributed by atoms with Gasteiger partial charge >= 0.3 is 5.97 Å². The van der Waals surface area contributed by atoms with E-state index in [2.05, 4.69) is 15.9 Å². The van der Waals surface area contributed by atoms with Crippen LogP contribution in [0, 0.1) is 0 Å². The molecule has 1 aromatic rings. The van der Waals surface area contributed by atoms with Crippen LogP contribution in [0.5, 0.6) is 0 Å². The fraction of sp³-hybridized carbons (Fsp3) is 0.500. The summed E-state index contributed by atoms with van der Waals surface area (Å²) in [6, 6.07) is 3.39. The lowest BCUT2D eigenvalue weighted by Crippen LogP contribution is -2.32. The van der Waals surface area contributed by atoms with Crippen molar-refractivity contribution in [3.63, 3.8) is 0 Å². The van der Waals surface area contributed by atoms with E-state index in [4.69, 9.17) is 4.74 Å². The molecule has 0 unspecified atom stereocenters. The van der Waals surface area contributed by atoms with Gasteiger partial charge in [-0.05, 0) is 30.7 Å². The van der Waals surface area contributed by atoms with E-state index >= 15 is 0 Å². The standard InChI is InChI=1S/C12H13BrO3S/c13-8-4-1-2-5-9(8)16-12(15)11(14)10-6-3-7-17-10/h3,6-9H,1-2,4-5H2/t8-,9-/m1/s1. The molecule has 5 heteroatoms. The normalized spacial score (nSPS) is 24.3. The fourth-order valence-electron chi connectivity index (χ4n) is 1.88. The molecular weight excluding hydrogens is 304 g/mol. The highest BCUT2D eigenvalue weighted by molar-refractivity contribution is 9.09. The van der Waals surface area contributed by atoms with Crippen LogP contribution in [0.25, 0.3) is 0 Å². The van der Waals surface area contributed by atoms with E-state index in [1.165, 1.54) is 11.3 Å². The number of ether oxygens (including phenoxy) is 1. The zero-order chi connectivity index (χ0) is 12.3. The van der Waals surface area contributed by atoms with Gasteiger partial charge in [-0.1, -0.05) is 28.4 Å². The summed E-state index contributed by atoms with van der Waals surface area (Å²) in [5.74, 6) is -1.27. The maximum Gasteiger partial charge on any atom is 0.380 e. The molecule has 1 saturated carbocycles. The molecule has 0 spiro atoms.